The lowest BCUT2D eigenvalue weighted by Crippen LogP contribution is -2.38. The van der Waals surface area contributed by atoms with Crippen LogP contribution in [0.3, 0.4) is 0 Å². The highest BCUT2D eigenvalue weighted by Crippen LogP contribution is 2.28. The molecule has 4 nitrogen and oxygen atoms in total. The number of benzene rings is 1. The first-order valence-corrected chi connectivity index (χ1v) is 8.48. The zero-order valence-electron chi connectivity index (χ0n) is 11.6. The predicted molar refractivity (Wildman–Crippen MR) is 77.2 cm³/mol. The van der Waals surface area contributed by atoms with Crippen molar-refractivity contribution in [3.8, 4) is 0 Å². The fraction of sp³-hybridized carbons (Fsp3) is 0.571. The maximum Gasteiger partial charge on any atom is 0.242 e. The maximum absolute atomic E-state index is 13.0. The van der Waals surface area contributed by atoms with E-state index in [-0.39, 0.29) is 16.6 Å². The van der Waals surface area contributed by atoms with Crippen LogP contribution in [0, 0.1) is 11.7 Å². The average Bonchev–Trinajstić information content (AvgIpc) is 2.37. The summed E-state index contributed by atoms with van der Waals surface area (Å²) in [5.41, 5.74) is 5.55. The fourth-order valence-corrected chi connectivity index (χ4v) is 4.21. The lowest BCUT2D eigenvalue weighted by molar-refractivity contribution is 0.301. The van der Waals surface area contributed by atoms with Gasteiger partial charge in [-0.3, -0.25) is 0 Å². The first-order chi connectivity index (χ1) is 9.42. The van der Waals surface area contributed by atoms with E-state index in [2.05, 4.69) is 11.6 Å². The number of sulfonamides is 1. The molecule has 1 aromatic carbocycles. The van der Waals surface area contributed by atoms with Crippen LogP contribution in [-0.2, 0) is 10.0 Å². The smallest absolute Gasteiger partial charge is 0.242 e. The van der Waals surface area contributed by atoms with Crippen molar-refractivity contribution in [3.05, 3.63) is 24.0 Å². The Morgan fingerprint density at radius 2 is 2.15 bits per heavy atom. The van der Waals surface area contributed by atoms with Crippen molar-refractivity contribution in [2.75, 3.05) is 5.73 Å². The highest BCUT2D eigenvalue weighted by molar-refractivity contribution is 7.89. The SMILES string of the molecule is CCC1CCCC(NS(=O)(=O)c2ccc(F)cc2N)C1. The number of hydrogen-bond donors (Lipinski definition) is 2. The van der Waals surface area contributed by atoms with Gasteiger partial charge < -0.3 is 5.73 Å². The Balaban J connectivity index is 2.14. The van der Waals surface area contributed by atoms with E-state index in [1.54, 1.807) is 0 Å². The summed E-state index contributed by atoms with van der Waals surface area (Å²) in [5.74, 6) is 0.0344. The predicted octanol–water partition coefficient (Wildman–Crippen LogP) is 2.66. The molecule has 1 saturated carbocycles. The van der Waals surface area contributed by atoms with E-state index in [1.165, 1.54) is 6.07 Å². The third kappa shape index (κ3) is 3.49. The van der Waals surface area contributed by atoms with E-state index in [1.807, 2.05) is 0 Å². The van der Waals surface area contributed by atoms with Crippen LogP contribution in [-0.4, -0.2) is 14.5 Å². The summed E-state index contributed by atoms with van der Waals surface area (Å²) in [7, 11) is -3.68. The third-order valence-corrected chi connectivity index (χ3v) is 5.54. The number of nitrogen functional groups attached to an aromatic ring is 1. The van der Waals surface area contributed by atoms with Crippen LogP contribution >= 0.6 is 0 Å². The lowest BCUT2D eigenvalue weighted by atomic mass is 9.85. The van der Waals surface area contributed by atoms with Gasteiger partial charge in [0.15, 0.2) is 0 Å². The van der Waals surface area contributed by atoms with Crippen molar-refractivity contribution in [2.45, 2.75) is 50.0 Å². The topological polar surface area (TPSA) is 72.2 Å². The molecular formula is C14H21FN2O2S. The van der Waals surface area contributed by atoms with Gasteiger partial charge in [-0.05, 0) is 37.0 Å². The highest BCUT2D eigenvalue weighted by atomic mass is 32.2. The Bertz CT molecular complexity index is 575. The zero-order valence-corrected chi connectivity index (χ0v) is 12.4. The molecule has 3 N–H and O–H groups in total. The van der Waals surface area contributed by atoms with Crippen LogP contribution < -0.4 is 10.5 Å². The quantitative estimate of drug-likeness (QED) is 0.840. The van der Waals surface area contributed by atoms with Crippen molar-refractivity contribution in [1.82, 2.24) is 4.72 Å². The second kappa shape index (κ2) is 6.10. The van der Waals surface area contributed by atoms with E-state index >= 15 is 0 Å². The summed E-state index contributed by atoms with van der Waals surface area (Å²) in [6.07, 6.45) is 4.96. The molecule has 2 rings (SSSR count). The third-order valence-electron chi connectivity index (χ3n) is 3.94. The number of nitrogens with one attached hydrogen (secondary N) is 1. The van der Waals surface area contributed by atoms with E-state index < -0.39 is 15.8 Å². The van der Waals surface area contributed by atoms with E-state index in [0.29, 0.717) is 5.92 Å². The molecule has 112 valence electrons. The fourth-order valence-electron chi connectivity index (χ4n) is 2.82. The molecule has 1 aliphatic carbocycles. The molecule has 0 bridgehead atoms. The minimum atomic E-state index is -3.68. The van der Waals surface area contributed by atoms with Gasteiger partial charge in [-0.1, -0.05) is 26.2 Å². The molecule has 0 amide bonds. The lowest BCUT2D eigenvalue weighted by Gasteiger charge is -2.29. The largest absolute Gasteiger partial charge is 0.398 e. The summed E-state index contributed by atoms with van der Waals surface area (Å²) >= 11 is 0. The number of rotatable bonds is 4. The Morgan fingerprint density at radius 1 is 1.40 bits per heavy atom. The number of anilines is 1. The second-order valence-corrected chi connectivity index (χ2v) is 7.12. The van der Waals surface area contributed by atoms with Crippen molar-refractivity contribution in [1.29, 1.82) is 0 Å². The second-order valence-electron chi connectivity index (χ2n) is 5.44. The van der Waals surface area contributed by atoms with Gasteiger partial charge in [-0.15, -0.1) is 0 Å². The Morgan fingerprint density at radius 3 is 2.80 bits per heavy atom. The molecule has 20 heavy (non-hydrogen) atoms. The molecule has 0 spiro atoms. The van der Waals surface area contributed by atoms with Crippen LogP contribution in [0.2, 0.25) is 0 Å². The summed E-state index contributed by atoms with van der Waals surface area (Å²) in [4.78, 5) is -0.0440. The van der Waals surface area contributed by atoms with Gasteiger partial charge in [0.05, 0.1) is 5.69 Å². The van der Waals surface area contributed by atoms with Crippen molar-refractivity contribution < 1.29 is 12.8 Å². The van der Waals surface area contributed by atoms with Crippen molar-refractivity contribution in [2.24, 2.45) is 5.92 Å². The number of halogens is 1. The van der Waals surface area contributed by atoms with Crippen LogP contribution in [0.15, 0.2) is 23.1 Å². The van der Waals surface area contributed by atoms with Crippen LogP contribution in [0.4, 0.5) is 10.1 Å². The molecular weight excluding hydrogens is 279 g/mol. The molecule has 1 fully saturated rings. The molecule has 0 aliphatic heterocycles. The van der Waals surface area contributed by atoms with Crippen LogP contribution in [0.25, 0.3) is 0 Å². The van der Waals surface area contributed by atoms with Gasteiger partial charge in [0.2, 0.25) is 10.0 Å². The summed E-state index contributed by atoms with van der Waals surface area (Å²) in [5, 5.41) is 0. The molecule has 1 aliphatic rings. The first kappa shape index (κ1) is 15.3. The standard InChI is InChI=1S/C14H21FN2O2S/c1-2-10-4-3-5-12(8-10)17-20(18,19)14-7-6-11(15)9-13(14)16/h6-7,9-10,12,17H,2-5,8,16H2,1H3. The Labute approximate surface area is 119 Å². The molecule has 2 atom stereocenters. The van der Waals surface area contributed by atoms with E-state index in [4.69, 9.17) is 5.73 Å². The van der Waals surface area contributed by atoms with Crippen molar-refractivity contribution in [3.63, 3.8) is 0 Å². The van der Waals surface area contributed by atoms with Gasteiger partial charge in [-0.2, -0.15) is 0 Å². The van der Waals surface area contributed by atoms with Crippen LogP contribution in [0.1, 0.15) is 39.0 Å². The van der Waals surface area contributed by atoms with Gasteiger partial charge in [0, 0.05) is 6.04 Å². The number of hydrogen-bond acceptors (Lipinski definition) is 3. The van der Waals surface area contributed by atoms with Gasteiger partial charge >= 0.3 is 0 Å². The Hall–Kier alpha value is -1.14. The molecule has 1 aromatic rings. The summed E-state index contributed by atoms with van der Waals surface area (Å²) < 4.78 is 40.3. The van der Waals surface area contributed by atoms with E-state index in [0.717, 1.165) is 44.2 Å². The van der Waals surface area contributed by atoms with Gasteiger partial charge in [0.25, 0.3) is 0 Å². The zero-order chi connectivity index (χ0) is 14.8. The minimum absolute atomic E-state index is 0.0440. The normalized spacial score (nSPS) is 23.7. The Kier molecular flexibility index (Phi) is 4.65. The minimum Gasteiger partial charge on any atom is -0.398 e. The monoisotopic (exact) mass is 300 g/mol. The van der Waals surface area contributed by atoms with E-state index in [9.17, 15) is 12.8 Å². The van der Waals surface area contributed by atoms with Crippen LogP contribution in [0.5, 0.6) is 0 Å². The molecule has 0 heterocycles. The first-order valence-electron chi connectivity index (χ1n) is 6.99. The highest BCUT2D eigenvalue weighted by Gasteiger charge is 2.26. The number of nitrogens with two attached hydrogens (primary N) is 1. The molecule has 2 unspecified atom stereocenters. The van der Waals surface area contributed by atoms with Gasteiger partial charge in [-0.25, -0.2) is 17.5 Å². The molecule has 0 aromatic heterocycles. The van der Waals surface area contributed by atoms with Gasteiger partial charge in [0.1, 0.15) is 10.7 Å². The van der Waals surface area contributed by atoms with Crippen molar-refractivity contribution >= 4 is 15.7 Å². The summed E-state index contributed by atoms with van der Waals surface area (Å²) in [6, 6.07) is 3.31. The molecule has 0 radical (unpaired) electrons. The molecule has 0 saturated heterocycles. The molecule has 6 heteroatoms. The average molecular weight is 300 g/mol. The maximum atomic E-state index is 13.0. The summed E-state index contributed by atoms with van der Waals surface area (Å²) in [6.45, 7) is 2.12.